The molecule has 0 saturated carbocycles. The van der Waals surface area contributed by atoms with E-state index in [-0.39, 0.29) is 5.54 Å². The molecule has 0 spiro atoms. The Labute approximate surface area is 100 Å². The number of benzene rings is 1. The third-order valence-corrected chi connectivity index (χ3v) is 3.65. The molecule has 2 nitrogen and oxygen atoms in total. The highest BCUT2D eigenvalue weighted by Crippen LogP contribution is 2.29. The lowest BCUT2D eigenvalue weighted by atomic mass is 9.95. The van der Waals surface area contributed by atoms with Gasteiger partial charge in [-0.25, -0.2) is 0 Å². The third kappa shape index (κ3) is 3.13. The van der Waals surface area contributed by atoms with Gasteiger partial charge in [-0.1, -0.05) is 13.8 Å². The normalized spacial score (nSPS) is 11.5. The van der Waals surface area contributed by atoms with E-state index >= 15 is 0 Å². The van der Waals surface area contributed by atoms with Crippen LogP contribution in [0.2, 0.25) is 0 Å². The Morgan fingerprint density at radius 3 is 2.40 bits per heavy atom. The van der Waals surface area contributed by atoms with Crippen molar-refractivity contribution in [2.24, 2.45) is 0 Å². The number of hydrogen-bond acceptors (Lipinski definition) is 2. The molecule has 3 N–H and O–H groups in total. The number of halogens is 1. The van der Waals surface area contributed by atoms with Crippen molar-refractivity contribution in [3.63, 3.8) is 0 Å². The van der Waals surface area contributed by atoms with Crippen LogP contribution in [0.25, 0.3) is 0 Å². The summed E-state index contributed by atoms with van der Waals surface area (Å²) in [5, 5.41) is 3.55. The van der Waals surface area contributed by atoms with Crippen molar-refractivity contribution >= 4 is 27.3 Å². The molecule has 0 radical (unpaired) electrons. The average Bonchev–Trinajstić information content (AvgIpc) is 2.22. The Morgan fingerprint density at radius 2 is 1.93 bits per heavy atom. The number of nitrogens with one attached hydrogen (secondary N) is 1. The zero-order valence-corrected chi connectivity index (χ0v) is 11.2. The van der Waals surface area contributed by atoms with Crippen molar-refractivity contribution in [1.82, 2.24) is 0 Å². The molecule has 0 aromatic heterocycles. The van der Waals surface area contributed by atoms with Gasteiger partial charge in [0.15, 0.2) is 0 Å². The predicted molar refractivity (Wildman–Crippen MR) is 71.2 cm³/mol. The fourth-order valence-corrected chi connectivity index (χ4v) is 1.88. The van der Waals surface area contributed by atoms with Crippen LogP contribution in [0.1, 0.15) is 33.6 Å². The molecule has 0 atom stereocenters. The Bertz CT molecular complexity index is 332. The van der Waals surface area contributed by atoms with Crippen molar-refractivity contribution < 1.29 is 0 Å². The van der Waals surface area contributed by atoms with Crippen LogP contribution >= 0.6 is 15.9 Å². The molecule has 1 aromatic carbocycles. The maximum atomic E-state index is 5.70. The second-order valence-corrected chi connectivity index (χ2v) is 4.99. The molecular formula is C12H19BrN2. The first kappa shape index (κ1) is 12.4. The van der Waals surface area contributed by atoms with Gasteiger partial charge in [-0.05, 0) is 53.9 Å². The van der Waals surface area contributed by atoms with E-state index in [0.717, 1.165) is 28.7 Å². The molecule has 0 bridgehead atoms. The molecule has 0 fully saturated rings. The Morgan fingerprint density at radius 1 is 1.33 bits per heavy atom. The van der Waals surface area contributed by atoms with Gasteiger partial charge in [0.2, 0.25) is 0 Å². The van der Waals surface area contributed by atoms with E-state index in [0.29, 0.717) is 0 Å². The molecule has 1 aromatic rings. The van der Waals surface area contributed by atoms with E-state index in [1.54, 1.807) is 0 Å². The molecule has 0 heterocycles. The highest BCUT2D eigenvalue weighted by atomic mass is 79.9. The topological polar surface area (TPSA) is 38.0 Å². The zero-order chi connectivity index (χ0) is 11.5. The minimum absolute atomic E-state index is 0.151. The molecule has 3 heteroatoms. The summed E-state index contributed by atoms with van der Waals surface area (Å²) in [6.45, 7) is 6.62. The lowest BCUT2D eigenvalue weighted by Gasteiger charge is -2.30. The van der Waals surface area contributed by atoms with Gasteiger partial charge in [0.05, 0.1) is 0 Å². The van der Waals surface area contributed by atoms with Crippen LogP contribution < -0.4 is 11.1 Å². The standard InChI is InChI=1S/C12H19BrN2/c1-4-12(3,5-2)15-11-7-6-9(14)8-10(11)13/h6-8,15H,4-5,14H2,1-3H3. The number of nitrogen functional groups attached to an aromatic ring is 1. The van der Waals surface area contributed by atoms with Crippen LogP contribution in [-0.4, -0.2) is 5.54 Å². The molecule has 0 aliphatic heterocycles. The first-order valence-corrected chi connectivity index (χ1v) is 6.13. The van der Waals surface area contributed by atoms with Crippen LogP contribution in [0.3, 0.4) is 0 Å². The van der Waals surface area contributed by atoms with Crippen LogP contribution in [-0.2, 0) is 0 Å². The third-order valence-electron chi connectivity index (χ3n) is 2.99. The van der Waals surface area contributed by atoms with Crippen LogP contribution in [0.4, 0.5) is 11.4 Å². The number of hydrogen-bond donors (Lipinski definition) is 2. The molecule has 84 valence electrons. The Hall–Kier alpha value is -0.700. The zero-order valence-electron chi connectivity index (χ0n) is 9.60. The van der Waals surface area contributed by atoms with E-state index in [2.05, 4.69) is 42.0 Å². The minimum Gasteiger partial charge on any atom is -0.399 e. The van der Waals surface area contributed by atoms with E-state index in [4.69, 9.17) is 5.73 Å². The van der Waals surface area contributed by atoms with Crippen LogP contribution in [0.15, 0.2) is 22.7 Å². The molecule has 0 unspecified atom stereocenters. The summed E-state index contributed by atoms with van der Waals surface area (Å²) in [4.78, 5) is 0. The number of anilines is 2. The first-order chi connectivity index (χ1) is 7.00. The summed E-state index contributed by atoms with van der Waals surface area (Å²) in [7, 11) is 0. The summed E-state index contributed by atoms with van der Waals surface area (Å²) < 4.78 is 1.02. The largest absolute Gasteiger partial charge is 0.399 e. The fraction of sp³-hybridized carbons (Fsp3) is 0.500. The van der Waals surface area contributed by atoms with Gasteiger partial charge in [-0.3, -0.25) is 0 Å². The summed E-state index contributed by atoms with van der Waals surface area (Å²) in [5.74, 6) is 0. The van der Waals surface area contributed by atoms with E-state index in [1.807, 2.05) is 18.2 Å². The molecule has 1 rings (SSSR count). The van der Waals surface area contributed by atoms with Crippen molar-refractivity contribution in [1.29, 1.82) is 0 Å². The van der Waals surface area contributed by atoms with Crippen molar-refractivity contribution in [3.05, 3.63) is 22.7 Å². The van der Waals surface area contributed by atoms with Crippen molar-refractivity contribution in [3.8, 4) is 0 Å². The van der Waals surface area contributed by atoms with Gasteiger partial charge in [-0.2, -0.15) is 0 Å². The van der Waals surface area contributed by atoms with Crippen LogP contribution in [0.5, 0.6) is 0 Å². The average molecular weight is 271 g/mol. The Kier molecular flexibility index (Phi) is 4.03. The Balaban J connectivity index is 2.89. The molecule has 0 aliphatic carbocycles. The lowest BCUT2D eigenvalue weighted by Crippen LogP contribution is -2.33. The van der Waals surface area contributed by atoms with E-state index in [9.17, 15) is 0 Å². The molecule has 15 heavy (non-hydrogen) atoms. The maximum absolute atomic E-state index is 5.70. The minimum atomic E-state index is 0.151. The summed E-state index contributed by atoms with van der Waals surface area (Å²) in [6.07, 6.45) is 2.20. The molecule has 0 amide bonds. The van der Waals surface area contributed by atoms with Crippen molar-refractivity contribution in [2.45, 2.75) is 39.2 Å². The first-order valence-electron chi connectivity index (χ1n) is 5.34. The van der Waals surface area contributed by atoms with E-state index < -0.39 is 0 Å². The monoisotopic (exact) mass is 270 g/mol. The van der Waals surface area contributed by atoms with E-state index in [1.165, 1.54) is 0 Å². The molecule has 0 aliphatic rings. The quantitative estimate of drug-likeness (QED) is 0.811. The second kappa shape index (κ2) is 4.88. The van der Waals surface area contributed by atoms with Gasteiger partial charge in [0, 0.05) is 21.4 Å². The summed E-state index contributed by atoms with van der Waals surface area (Å²) in [6, 6.07) is 5.86. The highest BCUT2D eigenvalue weighted by molar-refractivity contribution is 9.10. The van der Waals surface area contributed by atoms with Gasteiger partial charge in [0.1, 0.15) is 0 Å². The SMILES string of the molecule is CCC(C)(CC)Nc1ccc(N)cc1Br. The molecule has 0 saturated heterocycles. The van der Waals surface area contributed by atoms with Crippen molar-refractivity contribution in [2.75, 3.05) is 11.1 Å². The summed E-state index contributed by atoms with van der Waals surface area (Å²) in [5.41, 5.74) is 7.74. The van der Waals surface area contributed by atoms with Gasteiger partial charge in [0.25, 0.3) is 0 Å². The molecular weight excluding hydrogens is 252 g/mol. The lowest BCUT2D eigenvalue weighted by molar-refractivity contribution is 0.478. The van der Waals surface area contributed by atoms with Gasteiger partial charge >= 0.3 is 0 Å². The summed E-state index contributed by atoms with van der Waals surface area (Å²) >= 11 is 3.52. The maximum Gasteiger partial charge on any atom is 0.0490 e. The number of nitrogens with two attached hydrogens (primary N) is 1. The highest BCUT2D eigenvalue weighted by Gasteiger charge is 2.19. The van der Waals surface area contributed by atoms with Crippen LogP contribution in [0, 0.1) is 0 Å². The smallest absolute Gasteiger partial charge is 0.0490 e. The predicted octanol–water partition coefficient (Wildman–Crippen LogP) is 4.02. The van der Waals surface area contributed by atoms with Gasteiger partial charge < -0.3 is 11.1 Å². The fourth-order valence-electron chi connectivity index (χ4n) is 1.38. The second-order valence-electron chi connectivity index (χ2n) is 4.13. The van der Waals surface area contributed by atoms with Gasteiger partial charge in [-0.15, -0.1) is 0 Å². The number of rotatable bonds is 4.